The van der Waals surface area contributed by atoms with E-state index in [4.69, 9.17) is 16.2 Å². The number of hydrogen-bond acceptors (Lipinski definition) is 9. The van der Waals surface area contributed by atoms with Gasteiger partial charge in [-0.15, -0.1) is 0 Å². The number of aliphatic hydroxyl groups excluding tert-OH is 1. The summed E-state index contributed by atoms with van der Waals surface area (Å²) >= 11 is 0. The minimum Gasteiger partial charge on any atom is -0.441 e. The van der Waals surface area contributed by atoms with Gasteiger partial charge in [-0.2, -0.15) is 0 Å². The molecule has 3 saturated carbocycles. The van der Waals surface area contributed by atoms with Crippen LogP contribution in [0.15, 0.2) is 23.8 Å². The maximum Gasteiger partial charge on any atom is 0.407 e. The summed E-state index contributed by atoms with van der Waals surface area (Å²) in [7, 11) is 0. The molecular weight excluding hydrogens is 575 g/mol. The summed E-state index contributed by atoms with van der Waals surface area (Å²) in [6, 6.07) is -0.880. The molecule has 0 spiro atoms. The van der Waals surface area contributed by atoms with E-state index in [1.54, 1.807) is 26.8 Å². The number of allylic oxidation sites excluding steroid dienone is 4. The van der Waals surface area contributed by atoms with Crippen molar-refractivity contribution in [1.29, 1.82) is 0 Å². The highest BCUT2D eigenvalue weighted by Gasteiger charge is 2.75. The van der Waals surface area contributed by atoms with Crippen molar-refractivity contribution in [3.05, 3.63) is 23.8 Å². The average Bonchev–Trinajstić information content (AvgIpc) is 3.17. The molecule has 0 bridgehead atoms. The molecule has 12 nitrogen and oxygen atoms in total. The molecular formula is C31H45FN4O8. The smallest absolute Gasteiger partial charge is 0.407 e. The zero-order valence-electron chi connectivity index (χ0n) is 25.6. The van der Waals surface area contributed by atoms with Gasteiger partial charge in [-0.1, -0.05) is 25.5 Å². The predicted octanol–water partition coefficient (Wildman–Crippen LogP) is 0.729. The van der Waals surface area contributed by atoms with Crippen molar-refractivity contribution in [3.63, 3.8) is 0 Å². The van der Waals surface area contributed by atoms with Crippen LogP contribution in [0.4, 0.5) is 9.18 Å². The van der Waals surface area contributed by atoms with Gasteiger partial charge < -0.3 is 37.1 Å². The summed E-state index contributed by atoms with van der Waals surface area (Å²) in [5, 5.41) is 28.4. The number of rotatable bonds is 11. The Balaban J connectivity index is 1.36. The highest BCUT2D eigenvalue weighted by molar-refractivity contribution is 6.01. The van der Waals surface area contributed by atoms with Crippen LogP contribution >= 0.6 is 0 Å². The zero-order chi connectivity index (χ0) is 32.7. The first-order valence-corrected chi connectivity index (χ1v) is 15.3. The van der Waals surface area contributed by atoms with Gasteiger partial charge in [-0.3, -0.25) is 19.2 Å². The molecule has 244 valence electrons. The molecule has 44 heavy (non-hydrogen) atoms. The van der Waals surface area contributed by atoms with Gasteiger partial charge >= 0.3 is 6.09 Å². The second-order valence-corrected chi connectivity index (χ2v) is 13.3. The summed E-state index contributed by atoms with van der Waals surface area (Å²) in [5.74, 6) is -3.81. The third-order valence-corrected chi connectivity index (χ3v) is 11.0. The van der Waals surface area contributed by atoms with Crippen molar-refractivity contribution >= 4 is 29.5 Å². The molecule has 4 aliphatic carbocycles. The maximum atomic E-state index is 17.3. The van der Waals surface area contributed by atoms with Gasteiger partial charge in [-0.05, 0) is 75.9 Å². The van der Waals surface area contributed by atoms with Crippen LogP contribution in [0.25, 0.3) is 0 Å². The average molecular weight is 621 g/mol. The lowest BCUT2D eigenvalue weighted by Crippen LogP contribution is -2.69. The molecule has 3 fully saturated rings. The van der Waals surface area contributed by atoms with Gasteiger partial charge in [0.2, 0.25) is 17.6 Å². The molecule has 0 aliphatic heterocycles. The van der Waals surface area contributed by atoms with E-state index in [9.17, 15) is 34.2 Å². The van der Waals surface area contributed by atoms with E-state index in [-0.39, 0.29) is 31.7 Å². The number of ether oxygens (including phenoxy) is 1. The lowest BCUT2D eigenvalue weighted by Gasteiger charge is -2.62. The monoisotopic (exact) mass is 620 g/mol. The Morgan fingerprint density at radius 3 is 2.57 bits per heavy atom. The van der Waals surface area contributed by atoms with E-state index >= 15 is 4.39 Å². The van der Waals surface area contributed by atoms with E-state index < -0.39 is 82.3 Å². The fraction of sp³-hybridized carbons (Fsp3) is 0.710. The Hall–Kier alpha value is -3.16. The Morgan fingerprint density at radius 2 is 1.91 bits per heavy atom. The quantitative estimate of drug-likeness (QED) is 0.180. The predicted molar refractivity (Wildman–Crippen MR) is 156 cm³/mol. The third-order valence-electron chi connectivity index (χ3n) is 11.0. The first kappa shape index (κ1) is 33.7. The first-order chi connectivity index (χ1) is 20.6. The second-order valence-electron chi connectivity index (χ2n) is 13.3. The van der Waals surface area contributed by atoms with Crippen molar-refractivity contribution in [2.75, 3.05) is 19.7 Å². The Bertz CT molecular complexity index is 1270. The molecule has 13 heteroatoms. The van der Waals surface area contributed by atoms with Crippen LogP contribution in [0, 0.1) is 28.6 Å². The highest BCUT2D eigenvalue weighted by atomic mass is 19.1. The summed E-state index contributed by atoms with van der Waals surface area (Å²) in [5.41, 5.74) is 4.77. The van der Waals surface area contributed by atoms with Gasteiger partial charge in [0.25, 0.3) is 0 Å². The topological polar surface area (TPSA) is 211 Å². The first-order valence-electron chi connectivity index (χ1n) is 15.3. The second kappa shape index (κ2) is 12.3. The minimum absolute atomic E-state index is 0.158. The van der Waals surface area contributed by atoms with Crippen LogP contribution in [0.1, 0.15) is 65.7 Å². The normalized spacial score (nSPS) is 38.0. The maximum absolute atomic E-state index is 17.3. The molecule has 0 saturated heterocycles. The van der Waals surface area contributed by atoms with Crippen molar-refractivity contribution < 1.29 is 43.3 Å². The summed E-state index contributed by atoms with van der Waals surface area (Å²) in [6.07, 6.45) is 4.10. The minimum atomic E-state index is -2.09. The van der Waals surface area contributed by atoms with Gasteiger partial charge in [-0.25, -0.2) is 9.18 Å². The number of unbranched alkanes of at least 4 members (excludes halogenated alkanes) is 1. The van der Waals surface area contributed by atoms with E-state index in [2.05, 4.69) is 10.6 Å². The zero-order valence-corrected chi connectivity index (χ0v) is 25.6. The number of Topliss-reactive ketones (excluding diaryl/α,β-unsaturated/α-hetero) is 1. The molecule has 0 aromatic heterocycles. The number of aliphatic hydroxyl groups is 2. The van der Waals surface area contributed by atoms with E-state index in [0.717, 1.165) is 0 Å². The molecule has 4 aliphatic rings. The Kier molecular flexibility index (Phi) is 9.44. The SMILES string of the molecule is C[C@@H]1C[C@H]2[C@@H]3CCC4=CC(=O)C=C[C@]4(C)[C@@]3(F)[C@@H](O)C[C@]2(C)[C@@]1(O)C(=O)COC(=O)NCCCC[C@H](NC(=O)CN)C(N)=O. The molecule has 3 amide bonds. The third kappa shape index (κ3) is 5.36. The molecule has 8 N–H and O–H groups in total. The lowest BCUT2D eigenvalue weighted by atomic mass is 9.44. The van der Waals surface area contributed by atoms with Crippen LogP contribution in [-0.2, 0) is 23.9 Å². The Morgan fingerprint density at radius 1 is 1.20 bits per heavy atom. The van der Waals surface area contributed by atoms with E-state index in [1.165, 1.54) is 12.2 Å². The fourth-order valence-corrected chi connectivity index (χ4v) is 8.64. The number of fused-ring (bicyclic) bond motifs is 5. The standard InChI is InChI=1S/C31H45FN4O8/c1-17-12-21-20-8-7-18-13-19(37)9-10-28(18,2)30(20,32)23(38)14-29(21,3)31(17,43)24(39)16-44-27(42)35-11-5-4-6-22(26(34)41)36-25(40)15-33/h9-10,13,17,20-23,38,43H,4-8,11-12,14-16,33H2,1-3H3,(H2,34,41)(H,35,42)(H,36,40)/t17-,20+,21+,22+,23+,28+,29+,30+,31+/m1/s1. The fourth-order valence-electron chi connectivity index (χ4n) is 8.64. The molecule has 9 atom stereocenters. The number of nitrogens with two attached hydrogens (primary N) is 2. The summed E-state index contributed by atoms with van der Waals surface area (Å²) < 4.78 is 22.4. The van der Waals surface area contributed by atoms with Gasteiger partial charge in [0.15, 0.2) is 18.1 Å². The van der Waals surface area contributed by atoms with Crippen LogP contribution in [0.3, 0.4) is 0 Å². The number of hydrogen-bond donors (Lipinski definition) is 6. The van der Waals surface area contributed by atoms with Gasteiger partial charge in [0.05, 0.1) is 12.6 Å². The van der Waals surface area contributed by atoms with Crippen molar-refractivity contribution in [2.24, 2.45) is 40.1 Å². The van der Waals surface area contributed by atoms with Crippen LogP contribution in [-0.4, -0.2) is 82.8 Å². The number of ketones is 2. The van der Waals surface area contributed by atoms with Crippen molar-refractivity contribution in [3.8, 4) is 0 Å². The molecule has 4 rings (SSSR count). The summed E-state index contributed by atoms with van der Waals surface area (Å²) in [4.78, 5) is 60.9. The number of alkyl carbamates (subject to hydrolysis) is 1. The number of carbonyl (C=O) groups is 5. The van der Waals surface area contributed by atoms with E-state index in [1.807, 2.05) is 0 Å². The number of amides is 3. The molecule has 0 heterocycles. The lowest BCUT2D eigenvalue weighted by molar-refractivity contribution is -0.219. The molecule has 0 aromatic carbocycles. The molecule has 0 aromatic rings. The number of primary amides is 1. The highest BCUT2D eigenvalue weighted by Crippen LogP contribution is 2.70. The van der Waals surface area contributed by atoms with Crippen molar-refractivity contribution in [1.82, 2.24) is 10.6 Å². The number of alkyl halides is 1. The number of nitrogens with one attached hydrogen (secondary N) is 2. The molecule has 0 radical (unpaired) electrons. The van der Waals surface area contributed by atoms with Crippen LogP contribution in [0.5, 0.6) is 0 Å². The Labute approximate surface area is 256 Å². The largest absolute Gasteiger partial charge is 0.441 e. The van der Waals surface area contributed by atoms with Gasteiger partial charge in [0, 0.05) is 23.3 Å². The number of halogens is 1. The summed E-state index contributed by atoms with van der Waals surface area (Å²) in [6.45, 7) is 4.31. The van der Waals surface area contributed by atoms with Crippen LogP contribution < -0.4 is 22.1 Å². The number of carbonyl (C=O) groups excluding carboxylic acids is 5. The van der Waals surface area contributed by atoms with E-state index in [0.29, 0.717) is 37.7 Å². The van der Waals surface area contributed by atoms with Crippen LogP contribution in [0.2, 0.25) is 0 Å². The molecule has 0 unspecified atom stereocenters. The van der Waals surface area contributed by atoms with Crippen molar-refractivity contribution in [2.45, 2.75) is 89.1 Å². The van der Waals surface area contributed by atoms with Gasteiger partial charge in [0.1, 0.15) is 11.6 Å².